The Morgan fingerprint density at radius 1 is 1.25 bits per heavy atom. The third kappa shape index (κ3) is 2.91. The molecule has 1 heterocycles. The van der Waals surface area contributed by atoms with Crippen molar-refractivity contribution >= 4 is 0 Å². The molecular formula is C13H20N2Zn. The van der Waals surface area contributed by atoms with E-state index in [9.17, 15) is 0 Å². The zero-order chi connectivity index (χ0) is 10.7. The topological polar surface area (TPSA) is 38.0 Å². The summed E-state index contributed by atoms with van der Waals surface area (Å²) in [6.45, 7) is 3.23. The molecule has 0 saturated carbocycles. The third-order valence-corrected chi connectivity index (χ3v) is 3.43. The van der Waals surface area contributed by atoms with Crippen LogP contribution in [0.1, 0.15) is 31.7 Å². The number of hydrogen-bond acceptors (Lipinski definition) is 2. The molecule has 2 rings (SSSR count). The van der Waals surface area contributed by atoms with E-state index < -0.39 is 0 Å². The molecule has 16 heavy (non-hydrogen) atoms. The zero-order valence-electron chi connectivity index (χ0n) is 10.1. The van der Waals surface area contributed by atoms with Crippen LogP contribution >= 0.6 is 0 Å². The van der Waals surface area contributed by atoms with Gasteiger partial charge in [0.25, 0.3) is 0 Å². The largest absolute Gasteiger partial charge is 0.320 e. The minimum atomic E-state index is -0.248. The molecule has 0 radical (unpaired) electrons. The first-order valence-electron chi connectivity index (χ1n) is 5.79. The molecule has 2 nitrogen and oxygen atoms in total. The van der Waals surface area contributed by atoms with Crippen molar-refractivity contribution in [2.75, 3.05) is 6.54 Å². The van der Waals surface area contributed by atoms with Gasteiger partial charge in [0, 0.05) is 25.5 Å². The summed E-state index contributed by atoms with van der Waals surface area (Å²) in [6, 6.07) is 10.8. The van der Waals surface area contributed by atoms with Crippen LogP contribution in [0.3, 0.4) is 0 Å². The molecular weight excluding hydrogens is 250 g/mol. The van der Waals surface area contributed by atoms with E-state index in [-0.39, 0.29) is 25.0 Å². The van der Waals surface area contributed by atoms with Gasteiger partial charge in [-0.15, -0.1) is 0 Å². The summed E-state index contributed by atoms with van der Waals surface area (Å²) in [5, 5.41) is 3.53. The zero-order valence-corrected chi connectivity index (χ0v) is 13.0. The van der Waals surface area contributed by atoms with Crippen LogP contribution in [0.15, 0.2) is 30.3 Å². The second-order valence-corrected chi connectivity index (χ2v) is 4.65. The van der Waals surface area contributed by atoms with Crippen LogP contribution in [-0.2, 0) is 25.0 Å². The van der Waals surface area contributed by atoms with Crippen LogP contribution in [0.4, 0.5) is 0 Å². The second kappa shape index (κ2) is 5.90. The van der Waals surface area contributed by atoms with E-state index >= 15 is 0 Å². The maximum absolute atomic E-state index is 6.45. The average molecular weight is 270 g/mol. The quantitative estimate of drug-likeness (QED) is 0.806. The van der Waals surface area contributed by atoms with Gasteiger partial charge in [0.05, 0.1) is 5.54 Å². The molecule has 0 aromatic heterocycles. The number of rotatable bonds is 2. The average Bonchev–Trinajstić information content (AvgIpc) is 2.31. The third-order valence-electron chi connectivity index (χ3n) is 3.43. The fourth-order valence-corrected chi connectivity index (χ4v) is 2.36. The Morgan fingerprint density at radius 3 is 2.50 bits per heavy atom. The van der Waals surface area contributed by atoms with E-state index in [0.717, 1.165) is 6.54 Å². The smallest absolute Gasteiger partial charge is 0.0536 e. The van der Waals surface area contributed by atoms with Crippen molar-refractivity contribution in [3.63, 3.8) is 0 Å². The molecule has 1 saturated heterocycles. The van der Waals surface area contributed by atoms with Gasteiger partial charge in [0.1, 0.15) is 0 Å². The van der Waals surface area contributed by atoms with E-state index in [1.165, 1.54) is 24.8 Å². The summed E-state index contributed by atoms with van der Waals surface area (Å²) in [7, 11) is 0. The first-order valence-corrected chi connectivity index (χ1v) is 5.79. The molecule has 84 valence electrons. The number of nitrogens with two attached hydrogens (primary N) is 1. The molecule has 2 unspecified atom stereocenters. The molecule has 0 spiro atoms. The van der Waals surface area contributed by atoms with Crippen LogP contribution in [0.2, 0.25) is 0 Å². The Balaban J connectivity index is 0.00000128. The van der Waals surface area contributed by atoms with Crippen LogP contribution in [0.25, 0.3) is 0 Å². The molecule has 3 N–H and O–H groups in total. The fourth-order valence-electron chi connectivity index (χ4n) is 2.36. The summed E-state index contributed by atoms with van der Waals surface area (Å²) < 4.78 is 0. The predicted molar refractivity (Wildman–Crippen MR) is 63.6 cm³/mol. The number of hydrogen-bond donors (Lipinski definition) is 2. The van der Waals surface area contributed by atoms with Crippen molar-refractivity contribution in [3.05, 3.63) is 35.9 Å². The van der Waals surface area contributed by atoms with Gasteiger partial charge in [-0.05, 0) is 31.9 Å². The van der Waals surface area contributed by atoms with E-state index in [1.54, 1.807) is 0 Å². The Morgan fingerprint density at radius 2 is 1.94 bits per heavy atom. The fraction of sp³-hybridized carbons (Fsp3) is 0.538. The summed E-state index contributed by atoms with van der Waals surface area (Å²) in [5.41, 5.74) is 7.43. The summed E-state index contributed by atoms with van der Waals surface area (Å²) in [4.78, 5) is 0. The maximum atomic E-state index is 6.45. The predicted octanol–water partition coefficient (Wildman–Crippen LogP) is 2.00. The van der Waals surface area contributed by atoms with Crippen molar-refractivity contribution < 1.29 is 19.5 Å². The van der Waals surface area contributed by atoms with E-state index in [2.05, 4.69) is 36.5 Å². The van der Waals surface area contributed by atoms with Crippen LogP contribution in [0.5, 0.6) is 0 Å². The van der Waals surface area contributed by atoms with Crippen molar-refractivity contribution in [2.24, 2.45) is 5.73 Å². The van der Waals surface area contributed by atoms with Crippen LogP contribution in [-0.4, -0.2) is 12.6 Å². The summed E-state index contributed by atoms with van der Waals surface area (Å²) in [6.07, 6.45) is 3.75. The molecule has 1 aliphatic heterocycles. The van der Waals surface area contributed by atoms with Gasteiger partial charge in [-0.25, -0.2) is 0 Å². The van der Waals surface area contributed by atoms with Crippen molar-refractivity contribution in [3.8, 4) is 0 Å². The molecule has 3 heteroatoms. The molecule has 1 aliphatic rings. The first kappa shape index (κ1) is 13.8. The molecule has 0 amide bonds. The minimum absolute atomic E-state index is 0. The first-order chi connectivity index (χ1) is 7.21. The number of nitrogens with one attached hydrogen (secondary N) is 1. The second-order valence-electron chi connectivity index (χ2n) is 4.65. The Kier molecular flexibility index (Phi) is 5.10. The molecule has 1 aromatic carbocycles. The van der Waals surface area contributed by atoms with Gasteiger partial charge in [0.15, 0.2) is 0 Å². The van der Waals surface area contributed by atoms with E-state index in [0.29, 0.717) is 6.04 Å². The van der Waals surface area contributed by atoms with Gasteiger partial charge < -0.3 is 11.1 Å². The van der Waals surface area contributed by atoms with Crippen molar-refractivity contribution in [2.45, 2.75) is 37.8 Å². The van der Waals surface area contributed by atoms with Gasteiger partial charge in [0.2, 0.25) is 0 Å². The number of benzene rings is 1. The summed E-state index contributed by atoms with van der Waals surface area (Å²) >= 11 is 0. The van der Waals surface area contributed by atoms with E-state index in [1.807, 2.05) is 6.07 Å². The summed E-state index contributed by atoms with van der Waals surface area (Å²) in [5.74, 6) is 0. The molecule has 0 aliphatic carbocycles. The monoisotopic (exact) mass is 268 g/mol. The molecule has 1 fully saturated rings. The maximum Gasteiger partial charge on any atom is 0.0536 e. The number of piperidine rings is 1. The van der Waals surface area contributed by atoms with Crippen LogP contribution < -0.4 is 11.1 Å². The molecule has 0 bridgehead atoms. The standard InChI is InChI=1S/C13H20N2.Zn/c1-13(14,11-7-3-2-4-8-11)12-9-5-6-10-15-12;/h2-4,7-8,12,15H,5-6,9-10,14H2,1H3;. The normalized spacial score (nSPS) is 24.2. The van der Waals surface area contributed by atoms with Gasteiger partial charge >= 0.3 is 0 Å². The SMILES string of the molecule is CC(N)(c1ccccc1)C1CCCCN1.[Zn]. The van der Waals surface area contributed by atoms with Gasteiger partial charge in [-0.3, -0.25) is 0 Å². The Bertz CT molecular complexity index is 305. The van der Waals surface area contributed by atoms with Crippen molar-refractivity contribution in [1.29, 1.82) is 0 Å². The minimum Gasteiger partial charge on any atom is -0.320 e. The Labute approximate surface area is 111 Å². The van der Waals surface area contributed by atoms with Crippen molar-refractivity contribution in [1.82, 2.24) is 5.32 Å². The molecule has 2 atom stereocenters. The van der Waals surface area contributed by atoms with Gasteiger partial charge in [-0.2, -0.15) is 0 Å². The van der Waals surface area contributed by atoms with Gasteiger partial charge in [-0.1, -0.05) is 36.8 Å². The Hall–Kier alpha value is -0.237. The van der Waals surface area contributed by atoms with Crippen LogP contribution in [0, 0.1) is 0 Å². The molecule has 1 aromatic rings. The van der Waals surface area contributed by atoms with E-state index in [4.69, 9.17) is 5.73 Å².